The molecule has 1 aliphatic carbocycles. The van der Waals surface area contributed by atoms with E-state index in [0.717, 1.165) is 9.13 Å². The van der Waals surface area contributed by atoms with Crippen LogP contribution in [0.15, 0.2) is 24.3 Å². The van der Waals surface area contributed by atoms with Crippen LogP contribution in [0.25, 0.3) is 0 Å². The molecule has 2 unspecified atom stereocenters. The largest absolute Gasteiger partial charge is 0.392 e. The molecule has 1 fully saturated rings. The second-order valence-electron chi connectivity index (χ2n) is 4.57. The Kier molecular flexibility index (Phi) is 3.84. The minimum absolute atomic E-state index is 0.166. The van der Waals surface area contributed by atoms with Crippen LogP contribution in [0.1, 0.15) is 18.9 Å². The predicted molar refractivity (Wildman–Crippen MR) is 75.2 cm³/mol. The third kappa shape index (κ3) is 2.34. The summed E-state index contributed by atoms with van der Waals surface area (Å²) in [7, 11) is 0. The Balaban J connectivity index is 2.29. The van der Waals surface area contributed by atoms with E-state index < -0.39 is 17.4 Å². The van der Waals surface area contributed by atoms with Gasteiger partial charge in [-0.15, -0.1) is 0 Å². The SMILES string of the molecule is CC(O)CNC1(c2ccc(I)cc2)CC(=O)C1=O. The second-order valence-corrected chi connectivity index (χ2v) is 5.82. The number of halogens is 1. The second kappa shape index (κ2) is 5.07. The molecule has 0 saturated heterocycles. The molecule has 0 heterocycles. The Morgan fingerprint density at radius 2 is 2.00 bits per heavy atom. The number of aliphatic hydroxyl groups is 1. The minimum Gasteiger partial charge on any atom is -0.392 e. The number of benzene rings is 1. The zero-order valence-corrected chi connectivity index (χ0v) is 12.1. The van der Waals surface area contributed by atoms with E-state index in [1.807, 2.05) is 24.3 Å². The van der Waals surface area contributed by atoms with Gasteiger partial charge < -0.3 is 5.11 Å². The third-order valence-electron chi connectivity index (χ3n) is 3.10. The van der Waals surface area contributed by atoms with Gasteiger partial charge in [0, 0.05) is 16.5 Å². The number of carbonyl (C=O) groups is 2. The van der Waals surface area contributed by atoms with E-state index in [1.54, 1.807) is 6.92 Å². The van der Waals surface area contributed by atoms with Crippen LogP contribution in [-0.2, 0) is 15.1 Å². The lowest BCUT2D eigenvalue weighted by atomic mass is 9.69. The molecule has 0 aromatic heterocycles. The first-order valence-corrected chi connectivity index (χ1v) is 6.80. The van der Waals surface area contributed by atoms with Gasteiger partial charge in [0.05, 0.1) is 6.10 Å². The van der Waals surface area contributed by atoms with Gasteiger partial charge in [0.2, 0.25) is 11.6 Å². The van der Waals surface area contributed by atoms with Gasteiger partial charge in [-0.3, -0.25) is 14.9 Å². The predicted octanol–water partition coefficient (Wildman–Crippen LogP) is 0.999. The van der Waals surface area contributed by atoms with Gasteiger partial charge in [-0.25, -0.2) is 0 Å². The van der Waals surface area contributed by atoms with Crippen LogP contribution < -0.4 is 5.32 Å². The molecule has 1 aliphatic rings. The summed E-state index contributed by atoms with van der Waals surface area (Å²) < 4.78 is 1.07. The van der Waals surface area contributed by atoms with E-state index in [9.17, 15) is 14.7 Å². The summed E-state index contributed by atoms with van der Waals surface area (Å²) in [6.45, 7) is 1.92. The van der Waals surface area contributed by atoms with E-state index >= 15 is 0 Å². The molecule has 1 saturated carbocycles. The summed E-state index contributed by atoms with van der Waals surface area (Å²) in [4.78, 5) is 23.2. The van der Waals surface area contributed by atoms with Gasteiger partial charge in [-0.05, 0) is 47.2 Å². The van der Waals surface area contributed by atoms with E-state index in [1.165, 1.54) is 0 Å². The van der Waals surface area contributed by atoms with Crippen molar-refractivity contribution in [3.8, 4) is 0 Å². The molecule has 96 valence electrons. The fourth-order valence-corrected chi connectivity index (χ4v) is 2.43. The molecule has 2 N–H and O–H groups in total. The molecule has 1 aromatic rings. The van der Waals surface area contributed by atoms with E-state index in [0.29, 0.717) is 0 Å². The number of rotatable bonds is 4. The first-order valence-electron chi connectivity index (χ1n) is 5.72. The van der Waals surface area contributed by atoms with Gasteiger partial charge in [0.25, 0.3) is 0 Å². The first-order chi connectivity index (χ1) is 8.45. The number of hydrogen-bond donors (Lipinski definition) is 2. The van der Waals surface area contributed by atoms with Crippen molar-refractivity contribution >= 4 is 34.2 Å². The van der Waals surface area contributed by atoms with Gasteiger partial charge in [-0.1, -0.05) is 12.1 Å². The highest BCUT2D eigenvalue weighted by atomic mass is 127. The lowest BCUT2D eigenvalue weighted by Crippen LogP contribution is -2.62. The highest BCUT2D eigenvalue weighted by Gasteiger charge is 2.54. The van der Waals surface area contributed by atoms with Crippen molar-refractivity contribution in [2.75, 3.05) is 6.54 Å². The monoisotopic (exact) mass is 359 g/mol. The van der Waals surface area contributed by atoms with Crippen molar-refractivity contribution in [3.05, 3.63) is 33.4 Å². The van der Waals surface area contributed by atoms with Crippen molar-refractivity contribution in [2.45, 2.75) is 25.0 Å². The molecule has 0 radical (unpaired) electrons. The molecule has 0 spiro atoms. The average molecular weight is 359 g/mol. The maximum absolute atomic E-state index is 11.9. The van der Waals surface area contributed by atoms with Crippen LogP contribution in [0, 0.1) is 3.57 Å². The number of nitrogens with one attached hydrogen (secondary N) is 1. The zero-order valence-electron chi connectivity index (χ0n) is 9.94. The quantitative estimate of drug-likeness (QED) is 0.622. The highest BCUT2D eigenvalue weighted by molar-refractivity contribution is 14.1. The standard InChI is InChI=1S/C13H14INO3/c1-8(16)7-15-13(6-11(17)12(13)18)9-2-4-10(14)5-3-9/h2-5,8,15-16H,6-7H2,1H3. The maximum Gasteiger partial charge on any atom is 0.223 e. The number of aliphatic hydroxyl groups excluding tert-OH is 1. The Morgan fingerprint density at radius 3 is 2.44 bits per heavy atom. The van der Waals surface area contributed by atoms with E-state index in [4.69, 9.17) is 0 Å². The van der Waals surface area contributed by atoms with Gasteiger partial charge in [0.15, 0.2) is 0 Å². The molecule has 5 heteroatoms. The normalized spacial score (nSPS) is 24.8. The number of carbonyl (C=O) groups excluding carboxylic acids is 2. The molecule has 18 heavy (non-hydrogen) atoms. The molecule has 4 nitrogen and oxygen atoms in total. The Labute approximate surface area is 119 Å². The summed E-state index contributed by atoms with van der Waals surface area (Å²) >= 11 is 2.18. The summed E-state index contributed by atoms with van der Waals surface area (Å²) in [6, 6.07) is 7.50. The molecule has 1 aromatic carbocycles. The van der Waals surface area contributed by atoms with E-state index in [2.05, 4.69) is 27.9 Å². The van der Waals surface area contributed by atoms with Gasteiger partial charge >= 0.3 is 0 Å². The van der Waals surface area contributed by atoms with Crippen LogP contribution in [-0.4, -0.2) is 29.3 Å². The zero-order chi connectivity index (χ0) is 13.3. The highest BCUT2D eigenvalue weighted by Crippen LogP contribution is 2.35. The number of ketones is 2. The van der Waals surface area contributed by atoms with Gasteiger partial charge in [-0.2, -0.15) is 0 Å². The van der Waals surface area contributed by atoms with E-state index in [-0.39, 0.29) is 18.7 Å². The summed E-state index contributed by atoms with van der Waals surface area (Å²) in [5, 5.41) is 12.3. The lowest BCUT2D eigenvalue weighted by Gasteiger charge is -2.40. The molecule has 0 amide bonds. The van der Waals surface area contributed by atoms with Crippen LogP contribution in [0.5, 0.6) is 0 Å². The molecule has 0 bridgehead atoms. The lowest BCUT2D eigenvalue weighted by molar-refractivity contribution is -0.150. The van der Waals surface area contributed by atoms with Crippen molar-refractivity contribution in [2.24, 2.45) is 0 Å². The Hall–Kier alpha value is -0.790. The molecule has 2 rings (SSSR count). The molecule has 2 atom stereocenters. The van der Waals surface area contributed by atoms with Crippen LogP contribution in [0.4, 0.5) is 0 Å². The van der Waals surface area contributed by atoms with Crippen molar-refractivity contribution in [3.63, 3.8) is 0 Å². The average Bonchev–Trinajstić information content (AvgIpc) is 2.34. The minimum atomic E-state index is -0.932. The molecule has 0 aliphatic heterocycles. The van der Waals surface area contributed by atoms with Crippen molar-refractivity contribution in [1.82, 2.24) is 5.32 Å². The van der Waals surface area contributed by atoms with Crippen LogP contribution >= 0.6 is 22.6 Å². The Bertz CT molecular complexity index is 484. The van der Waals surface area contributed by atoms with Gasteiger partial charge in [0.1, 0.15) is 5.54 Å². The van der Waals surface area contributed by atoms with Crippen LogP contribution in [0.2, 0.25) is 0 Å². The van der Waals surface area contributed by atoms with Crippen molar-refractivity contribution in [1.29, 1.82) is 0 Å². The summed E-state index contributed by atoms with van der Waals surface area (Å²) in [5.41, 5.74) is -0.147. The van der Waals surface area contributed by atoms with Crippen LogP contribution in [0.3, 0.4) is 0 Å². The fourth-order valence-electron chi connectivity index (χ4n) is 2.07. The Morgan fingerprint density at radius 1 is 1.39 bits per heavy atom. The smallest absolute Gasteiger partial charge is 0.223 e. The third-order valence-corrected chi connectivity index (χ3v) is 3.82. The fraction of sp³-hybridized carbons (Fsp3) is 0.385. The maximum atomic E-state index is 11.9. The number of Topliss-reactive ketones (excluding diaryl/α,β-unsaturated/α-hetero) is 2. The first kappa shape index (κ1) is 13.6. The molecular formula is C13H14INO3. The molecular weight excluding hydrogens is 345 g/mol. The number of hydrogen-bond acceptors (Lipinski definition) is 4. The van der Waals surface area contributed by atoms with Crippen molar-refractivity contribution < 1.29 is 14.7 Å². The summed E-state index contributed by atoms with van der Waals surface area (Å²) in [6.07, 6.45) is -0.395. The topological polar surface area (TPSA) is 66.4 Å². The summed E-state index contributed by atoms with van der Waals surface area (Å²) in [5.74, 6) is -0.768.